The highest BCUT2D eigenvalue weighted by atomic mass is 16.3. The summed E-state index contributed by atoms with van der Waals surface area (Å²) in [6.07, 6.45) is 6.26. The third-order valence-corrected chi connectivity index (χ3v) is 4.11. The monoisotopic (exact) mass is 278 g/mol. The molecule has 2 N–H and O–H groups in total. The lowest BCUT2D eigenvalue weighted by Gasteiger charge is -2.47. The van der Waals surface area contributed by atoms with E-state index >= 15 is 0 Å². The summed E-state index contributed by atoms with van der Waals surface area (Å²) >= 11 is 0. The quantitative estimate of drug-likeness (QED) is 0.865. The van der Waals surface area contributed by atoms with Crippen LogP contribution in [0.3, 0.4) is 0 Å². The first-order valence-corrected chi connectivity index (χ1v) is 7.84. The van der Waals surface area contributed by atoms with E-state index in [9.17, 15) is 0 Å². The molecular weight excluding hydrogens is 248 g/mol. The van der Waals surface area contributed by atoms with Crippen LogP contribution in [0, 0.1) is 0 Å². The molecule has 0 radical (unpaired) electrons. The van der Waals surface area contributed by atoms with E-state index in [4.69, 9.17) is 4.42 Å². The number of rotatable bonds is 5. The van der Waals surface area contributed by atoms with Gasteiger partial charge in [0.1, 0.15) is 5.76 Å². The van der Waals surface area contributed by atoms with Crippen LogP contribution < -0.4 is 10.6 Å². The Morgan fingerprint density at radius 2 is 1.95 bits per heavy atom. The van der Waals surface area contributed by atoms with Crippen molar-refractivity contribution in [3.63, 3.8) is 0 Å². The molecule has 0 aromatic carbocycles. The second-order valence-electron chi connectivity index (χ2n) is 7.68. The molecule has 0 saturated carbocycles. The van der Waals surface area contributed by atoms with Gasteiger partial charge in [0.05, 0.1) is 6.26 Å². The minimum absolute atomic E-state index is 0.208. The Morgan fingerprint density at radius 3 is 2.50 bits per heavy atom. The van der Waals surface area contributed by atoms with Crippen LogP contribution in [0.5, 0.6) is 0 Å². The molecule has 1 aliphatic rings. The summed E-state index contributed by atoms with van der Waals surface area (Å²) in [5.74, 6) is 1.09. The van der Waals surface area contributed by atoms with E-state index in [0.717, 1.165) is 18.6 Å². The van der Waals surface area contributed by atoms with E-state index in [1.165, 1.54) is 12.8 Å². The molecule has 1 aromatic rings. The molecule has 2 rings (SSSR count). The summed E-state index contributed by atoms with van der Waals surface area (Å²) in [5.41, 5.74) is 0.417. The first-order valence-electron chi connectivity index (χ1n) is 7.84. The van der Waals surface area contributed by atoms with Gasteiger partial charge in [-0.25, -0.2) is 0 Å². The van der Waals surface area contributed by atoms with Crippen molar-refractivity contribution >= 4 is 0 Å². The Hall–Kier alpha value is -0.800. The van der Waals surface area contributed by atoms with Gasteiger partial charge in [0.2, 0.25) is 0 Å². The number of furan rings is 1. The topological polar surface area (TPSA) is 37.2 Å². The average Bonchev–Trinajstić information content (AvgIpc) is 2.74. The smallest absolute Gasteiger partial charge is 0.103 e. The van der Waals surface area contributed by atoms with Crippen molar-refractivity contribution < 1.29 is 4.42 Å². The lowest BCUT2D eigenvalue weighted by atomic mass is 9.79. The van der Waals surface area contributed by atoms with Gasteiger partial charge >= 0.3 is 0 Å². The normalized spacial score (nSPS) is 23.6. The molecule has 0 spiro atoms. The molecule has 1 aliphatic heterocycles. The van der Waals surface area contributed by atoms with E-state index < -0.39 is 0 Å². The maximum Gasteiger partial charge on any atom is 0.103 e. The Labute approximate surface area is 123 Å². The van der Waals surface area contributed by atoms with Gasteiger partial charge in [0, 0.05) is 29.6 Å². The predicted molar refractivity (Wildman–Crippen MR) is 83.9 cm³/mol. The molecule has 114 valence electrons. The van der Waals surface area contributed by atoms with E-state index in [-0.39, 0.29) is 11.1 Å². The second kappa shape index (κ2) is 5.90. The molecule has 1 aromatic heterocycles. The summed E-state index contributed by atoms with van der Waals surface area (Å²) in [7, 11) is 0. The zero-order valence-electron chi connectivity index (χ0n) is 13.6. The molecule has 3 nitrogen and oxygen atoms in total. The van der Waals surface area contributed by atoms with Crippen molar-refractivity contribution in [2.24, 2.45) is 0 Å². The van der Waals surface area contributed by atoms with Crippen molar-refractivity contribution in [1.29, 1.82) is 0 Å². The van der Waals surface area contributed by atoms with Crippen LogP contribution in [-0.4, -0.2) is 23.2 Å². The molecule has 1 unspecified atom stereocenters. The Morgan fingerprint density at radius 1 is 1.30 bits per heavy atom. The minimum Gasteiger partial charge on any atom is -0.469 e. The number of nitrogens with one attached hydrogen (secondary N) is 2. The van der Waals surface area contributed by atoms with Gasteiger partial charge in [-0.2, -0.15) is 0 Å². The third-order valence-electron chi connectivity index (χ3n) is 4.11. The minimum atomic E-state index is 0.208. The summed E-state index contributed by atoms with van der Waals surface area (Å²) in [6.45, 7) is 11.5. The highest BCUT2D eigenvalue weighted by Gasteiger charge is 2.37. The molecule has 1 saturated heterocycles. The van der Waals surface area contributed by atoms with Gasteiger partial charge in [-0.05, 0) is 66.0 Å². The summed E-state index contributed by atoms with van der Waals surface area (Å²) in [5, 5.41) is 7.55. The van der Waals surface area contributed by atoms with Crippen molar-refractivity contribution in [3.05, 3.63) is 24.2 Å². The molecule has 0 aliphatic carbocycles. The fraction of sp³-hybridized carbons (Fsp3) is 0.765. The Kier molecular flexibility index (Phi) is 4.60. The highest BCUT2D eigenvalue weighted by Crippen LogP contribution is 2.28. The fourth-order valence-electron chi connectivity index (χ4n) is 3.74. The van der Waals surface area contributed by atoms with Crippen LogP contribution in [0.15, 0.2) is 22.8 Å². The first kappa shape index (κ1) is 15.6. The highest BCUT2D eigenvalue weighted by molar-refractivity contribution is 5.01. The molecule has 0 bridgehead atoms. The molecule has 3 heteroatoms. The van der Waals surface area contributed by atoms with Crippen molar-refractivity contribution in [2.75, 3.05) is 0 Å². The summed E-state index contributed by atoms with van der Waals surface area (Å²) in [6, 6.07) is 5.14. The predicted octanol–water partition coefficient (Wildman–Crippen LogP) is 3.50. The average molecular weight is 278 g/mol. The van der Waals surface area contributed by atoms with E-state index in [1.54, 1.807) is 6.26 Å². The fourth-order valence-corrected chi connectivity index (χ4v) is 3.74. The third kappa shape index (κ3) is 4.64. The SMILES string of the molecule is CC(CCc1ccco1)NC1CC(C)(C)NC(C)(C)C1. The zero-order valence-corrected chi connectivity index (χ0v) is 13.6. The lowest BCUT2D eigenvalue weighted by Crippen LogP contribution is -2.62. The number of hydrogen-bond donors (Lipinski definition) is 2. The Balaban J connectivity index is 1.82. The largest absolute Gasteiger partial charge is 0.469 e. The lowest BCUT2D eigenvalue weighted by molar-refractivity contribution is 0.140. The van der Waals surface area contributed by atoms with Gasteiger partial charge < -0.3 is 15.1 Å². The van der Waals surface area contributed by atoms with Crippen LogP contribution in [-0.2, 0) is 6.42 Å². The van der Waals surface area contributed by atoms with Crippen molar-refractivity contribution in [1.82, 2.24) is 10.6 Å². The van der Waals surface area contributed by atoms with Crippen LogP contribution >= 0.6 is 0 Å². The summed E-state index contributed by atoms with van der Waals surface area (Å²) in [4.78, 5) is 0. The molecule has 0 amide bonds. The van der Waals surface area contributed by atoms with Gasteiger partial charge in [-0.1, -0.05) is 0 Å². The summed E-state index contributed by atoms with van der Waals surface area (Å²) < 4.78 is 5.40. The standard InChI is InChI=1S/C17H30N2O/c1-13(8-9-15-7-6-10-20-15)18-14-11-16(2,3)19-17(4,5)12-14/h6-7,10,13-14,18-19H,8-9,11-12H2,1-5H3. The molecule has 1 fully saturated rings. The van der Waals surface area contributed by atoms with Gasteiger partial charge in [0.25, 0.3) is 0 Å². The maximum absolute atomic E-state index is 5.40. The molecular formula is C17H30N2O. The molecule has 20 heavy (non-hydrogen) atoms. The van der Waals surface area contributed by atoms with E-state index in [1.807, 2.05) is 6.07 Å². The van der Waals surface area contributed by atoms with Crippen molar-refractivity contribution in [3.8, 4) is 0 Å². The van der Waals surface area contributed by atoms with Crippen molar-refractivity contribution in [2.45, 2.75) is 83.5 Å². The van der Waals surface area contributed by atoms with Gasteiger partial charge in [-0.3, -0.25) is 0 Å². The van der Waals surface area contributed by atoms with E-state index in [0.29, 0.717) is 12.1 Å². The Bertz CT molecular complexity index is 393. The number of piperidine rings is 1. The van der Waals surface area contributed by atoms with Gasteiger partial charge in [0.15, 0.2) is 0 Å². The molecule has 2 heterocycles. The molecule has 1 atom stereocenters. The van der Waals surface area contributed by atoms with Gasteiger partial charge in [-0.15, -0.1) is 0 Å². The van der Waals surface area contributed by atoms with E-state index in [2.05, 4.69) is 51.3 Å². The van der Waals surface area contributed by atoms with Crippen LogP contribution in [0.1, 0.15) is 59.6 Å². The van der Waals surface area contributed by atoms with Crippen LogP contribution in [0.2, 0.25) is 0 Å². The number of aryl methyl sites for hydroxylation is 1. The van der Waals surface area contributed by atoms with Crippen LogP contribution in [0.25, 0.3) is 0 Å². The first-order chi connectivity index (χ1) is 9.26. The second-order valence-corrected chi connectivity index (χ2v) is 7.68. The zero-order chi connectivity index (χ0) is 14.8. The maximum atomic E-state index is 5.40. The number of hydrogen-bond acceptors (Lipinski definition) is 3. The van der Waals surface area contributed by atoms with Crippen LogP contribution in [0.4, 0.5) is 0 Å².